The molecule has 0 aliphatic heterocycles. The standard InChI is InChI=1S/C16H32N4O4/c1-11(2)14(19-24)16(23)17-9-7-6-8-13(20(4)5)15(22)18-10-12(3)21/h11,13-14,19,24H,6-10H2,1-5H3,(H,17,23)(H,18,22)/t13-,14-/m0/s1. The van der Waals surface area contributed by atoms with Crippen LogP contribution in [0.5, 0.6) is 0 Å². The molecule has 2 atom stereocenters. The summed E-state index contributed by atoms with van der Waals surface area (Å²) in [4.78, 5) is 36.7. The molecule has 0 radical (unpaired) electrons. The van der Waals surface area contributed by atoms with Crippen LogP contribution in [0.15, 0.2) is 0 Å². The lowest BCUT2D eigenvalue weighted by molar-refractivity contribution is -0.128. The van der Waals surface area contributed by atoms with Crippen LogP contribution in [0.25, 0.3) is 0 Å². The number of hydroxylamine groups is 1. The smallest absolute Gasteiger partial charge is 0.239 e. The second-order valence-corrected chi connectivity index (χ2v) is 6.54. The molecule has 0 aromatic carbocycles. The van der Waals surface area contributed by atoms with Crippen molar-refractivity contribution < 1.29 is 19.6 Å². The number of likely N-dealkylation sites (N-methyl/N-ethyl adjacent to an activating group) is 1. The number of carbonyl (C=O) groups excluding carboxylic acids is 3. The maximum atomic E-state index is 12.1. The van der Waals surface area contributed by atoms with Crippen LogP contribution in [0.1, 0.15) is 40.0 Å². The molecule has 24 heavy (non-hydrogen) atoms. The van der Waals surface area contributed by atoms with Gasteiger partial charge in [0.15, 0.2) is 0 Å². The van der Waals surface area contributed by atoms with Crippen LogP contribution >= 0.6 is 0 Å². The highest BCUT2D eigenvalue weighted by Gasteiger charge is 2.22. The Morgan fingerprint density at radius 3 is 2.12 bits per heavy atom. The van der Waals surface area contributed by atoms with E-state index in [9.17, 15) is 14.4 Å². The first-order valence-corrected chi connectivity index (χ1v) is 8.31. The molecule has 0 aromatic heterocycles. The first-order valence-electron chi connectivity index (χ1n) is 8.31. The SMILES string of the molecule is CC(=O)CNC(=O)[C@H](CCCCNC(=O)[C@@H](NO)C(C)C)N(C)C. The third kappa shape index (κ3) is 8.95. The van der Waals surface area contributed by atoms with Crippen molar-refractivity contribution >= 4 is 17.6 Å². The summed E-state index contributed by atoms with van der Waals surface area (Å²) >= 11 is 0. The van der Waals surface area contributed by atoms with Crippen molar-refractivity contribution in [2.75, 3.05) is 27.2 Å². The largest absolute Gasteiger partial charge is 0.355 e. The van der Waals surface area contributed by atoms with Crippen molar-refractivity contribution in [3.63, 3.8) is 0 Å². The van der Waals surface area contributed by atoms with Gasteiger partial charge in [-0.2, -0.15) is 5.48 Å². The van der Waals surface area contributed by atoms with Crippen LogP contribution in [0.3, 0.4) is 0 Å². The van der Waals surface area contributed by atoms with E-state index in [0.717, 1.165) is 12.8 Å². The molecule has 0 aromatic rings. The highest BCUT2D eigenvalue weighted by Crippen LogP contribution is 2.06. The molecule has 0 rings (SSSR count). The lowest BCUT2D eigenvalue weighted by atomic mass is 10.0. The van der Waals surface area contributed by atoms with E-state index in [1.807, 2.05) is 38.3 Å². The first-order chi connectivity index (χ1) is 11.2. The van der Waals surface area contributed by atoms with Crippen molar-refractivity contribution in [3.8, 4) is 0 Å². The van der Waals surface area contributed by atoms with Crippen molar-refractivity contribution in [1.29, 1.82) is 0 Å². The average molecular weight is 344 g/mol. The number of hydrogen-bond donors (Lipinski definition) is 4. The maximum Gasteiger partial charge on any atom is 0.239 e. The van der Waals surface area contributed by atoms with Gasteiger partial charge in [0, 0.05) is 6.54 Å². The van der Waals surface area contributed by atoms with Crippen molar-refractivity contribution in [3.05, 3.63) is 0 Å². The van der Waals surface area contributed by atoms with Gasteiger partial charge >= 0.3 is 0 Å². The third-order valence-electron chi connectivity index (χ3n) is 3.73. The Morgan fingerprint density at radius 2 is 1.67 bits per heavy atom. The second-order valence-electron chi connectivity index (χ2n) is 6.54. The third-order valence-corrected chi connectivity index (χ3v) is 3.73. The number of Topliss-reactive ketones (excluding diaryl/α,β-unsaturated/α-hetero) is 1. The van der Waals surface area contributed by atoms with E-state index in [2.05, 4.69) is 10.6 Å². The zero-order valence-corrected chi connectivity index (χ0v) is 15.4. The van der Waals surface area contributed by atoms with E-state index < -0.39 is 6.04 Å². The molecule has 0 aliphatic carbocycles. The van der Waals surface area contributed by atoms with Gasteiger partial charge < -0.3 is 15.8 Å². The van der Waals surface area contributed by atoms with E-state index in [4.69, 9.17) is 5.21 Å². The van der Waals surface area contributed by atoms with Gasteiger partial charge in [0.2, 0.25) is 11.8 Å². The summed E-state index contributed by atoms with van der Waals surface area (Å²) in [5.74, 6) is -0.502. The van der Waals surface area contributed by atoms with Crippen LogP contribution in [-0.4, -0.2) is 67.0 Å². The first kappa shape index (κ1) is 22.5. The summed E-state index contributed by atoms with van der Waals surface area (Å²) in [5, 5.41) is 14.4. The van der Waals surface area contributed by atoms with Gasteiger partial charge in [0.05, 0.1) is 12.6 Å². The summed E-state index contributed by atoms with van der Waals surface area (Å²) in [6, 6.07) is -0.931. The lowest BCUT2D eigenvalue weighted by Crippen LogP contribution is -2.46. The quantitative estimate of drug-likeness (QED) is 0.291. The molecule has 0 fully saturated rings. The zero-order chi connectivity index (χ0) is 18.7. The van der Waals surface area contributed by atoms with Crippen molar-refractivity contribution in [2.24, 2.45) is 5.92 Å². The molecule has 0 spiro atoms. The Kier molecular flexibility index (Phi) is 11.2. The van der Waals surface area contributed by atoms with Crippen LogP contribution in [0.4, 0.5) is 0 Å². The number of unbranched alkanes of at least 4 members (excludes halogenated alkanes) is 1. The summed E-state index contributed by atoms with van der Waals surface area (Å²) in [6.45, 7) is 5.64. The number of nitrogens with one attached hydrogen (secondary N) is 3. The summed E-state index contributed by atoms with van der Waals surface area (Å²) in [6.07, 6.45) is 2.13. The summed E-state index contributed by atoms with van der Waals surface area (Å²) in [7, 11) is 3.64. The molecule has 0 unspecified atom stereocenters. The molecular formula is C16H32N4O4. The molecule has 140 valence electrons. The highest BCUT2D eigenvalue weighted by atomic mass is 16.5. The Bertz CT molecular complexity index is 413. The molecule has 2 amide bonds. The maximum absolute atomic E-state index is 12.1. The van der Waals surface area contributed by atoms with Crippen molar-refractivity contribution in [1.82, 2.24) is 21.0 Å². The number of ketones is 1. The predicted octanol–water partition coefficient (Wildman–Crippen LogP) is -0.0883. The van der Waals surface area contributed by atoms with Gasteiger partial charge in [-0.3, -0.25) is 19.3 Å². The van der Waals surface area contributed by atoms with Gasteiger partial charge in [-0.25, -0.2) is 0 Å². The number of rotatable bonds is 12. The van der Waals surface area contributed by atoms with Crippen LogP contribution in [0, 0.1) is 5.92 Å². The number of hydrogen-bond acceptors (Lipinski definition) is 6. The fourth-order valence-electron chi connectivity index (χ4n) is 2.25. The fraction of sp³-hybridized carbons (Fsp3) is 0.812. The Labute approximate surface area is 144 Å². The molecule has 0 aliphatic rings. The zero-order valence-electron chi connectivity index (χ0n) is 15.4. The van der Waals surface area contributed by atoms with Crippen LogP contribution in [-0.2, 0) is 14.4 Å². The molecule has 0 saturated carbocycles. The number of nitrogens with zero attached hydrogens (tertiary/aromatic N) is 1. The molecule has 0 bridgehead atoms. The Balaban J connectivity index is 4.15. The molecule has 0 heterocycles. The van der Waals surface area contributed by atoms with Gasteiger partial charge in [0.1, 0.15) is 11.8 Å². The van der Waals surface area contributed by atoms with E-state index in [0.29, 0.717) is 13.0 Å². The minimum atomic E-state index is -0.628. The summed E-state index contributed by atoms with van der Waals surface area (Å²) in [5.41, 5.74) is 2.01. The molecule has 8 nitrogen and oxygen atoms in total. The summed E-state index contributed by atoms with van der Waals surface area (Å²) < 4.78 is 0. The topological polar surface area (TPSA) is 111 Å². The van der Waals surface area contributed by atoms with Gasteiger partial charge in [-0.15, -0.1) is 0 Å². The van der Waals surface area contributed by atoms with Gasteiger partial charge in [-0.05, 0) is 46.2 Å². The second kappa shape index (κ2) is 11.9. The molecular weight excluding hydrogens is 312 g/mol. The highest BCUT2D eigenvalue weighted by molar-refractivity contribution is 5.87. The van der Waals surface area contributed by atoms with E-state index in [1.165, 1.54) is 6.92 Å². The van der Waals surface area contributed by atoms with E-state index in [-0.39, 0.29) is 36.1 Å². The van der Waals surface area contributed by atoms with Gasteiger partial charge in [-0.1, -0.05) is 13.8 Å². The fourth-order valence-corrected chi connectivity index (χ4v) is 2.25. The molecule has 0 saturated heterocycles. The molecule has 4 N–H and O–H groups in total. The normalized spacial score (nSPS) is 13.7. The number of carbonyl (C=O) groups is 3. The minimum absolute atomic E-state index is 0.0157. The minimum Gasteiger partial charge on any atom is -0.355 e. The molecule has 8 heteroatoms. The number of amides is 2. The average Bonchev–Trinajstić information content (AvgIpc) is 2.48. The Hall–Kier alpha value is -1.51. The van der Waals surface area contributed by atoms with Crippen molar-refractivity contribution in [2.45, 2.75) is 52.1 Å². The van der Waals surface area contributed by atoms with Crippen LogP contribution in [0.2, 0.25) is 0 Å². The monoisotopic (exact) mass is 344 g/mol. The van der Waals surface area contributed by atoms with Gasteiger partial charge in [0.25, 0.3) is 0 Å². The van der Waals surface area contributed by atoms with Crippen LogP contribution < -0.4 is 16.1 Å². The van der Waals surface area contributed by atoms with E-state index >= 15 is 0 Å². The van der Waals surface area contributed by atoms with E-state index in [1.54, 1.807) is 0 Å². The Morgan fingerprint density at radius 1 is 1.04 bits per heavy atom. The predicted molar refractivity (Wildman–Crippen MR) is 91.6 cm³/mol. The lowest BCUT2D eigenvalue weighted by Gasteiger charge is -2.23.